The van der Waals surface area contributed by atoms with Crippen LogP contribution in [0.5, 0.6) is 0 Å². The van der Waals surface area contributed by atoms with Gasteiger partial charge in [0.15, 0.2) is 0 Å². The van der Waals surface area contributed by atoms with Crippen molar-refractivity contribution in [2.75, 3.05) is 18.4 Å². The second-order valence-corrected chi connectivity index (χ2v) is 7.21. The molecule has 1 heterocycles. The van der Waals surface area contributed by atoms with Crippen LogP contribution in [0.15, 0.2) is 46.9 Å². The molecule has 1 N–H and O–H groups in total. The van der Waals surface area contributed by atoms with Crippen LogP contribution in [-0.4, -0.2) is 23.9 Å². The van der Waals surface area contributed by atoms with Crippen LogP contribution in [0.4, 0.5) is 14.5 Å². The number of piperidine rings is 1. The molecule has 1 aliphatic heterocycles. The fourth-order valence-corrected chi connectivity index (χ4v) is 3.29. The minimum Gasteiger partial charge on any atom is -0.323 e. The normalized spacial score (nSPS) is 16.0. The standard InChI is InChI=1S/C19H19BrF2N2O/c20-15-3-1-13(2-4-15)12-24-9-7-14(8-10-24)19(25)23-18-6-5-16(21)11-17(18)22/h1-6,11,14H,7-10,12H2,(H,23,25). The molecule has 1 fully saturated rings. The van der Waals surface area contributed by atoms with Gasteiger partial charge in [-0.3, -0.25) is 9.69 Å². The molecule has 6 heteroatoms. The minimum absolute atomic E-state index is 0.0312. The van der Waals surface area contributed by atoms with Gasteiger partial charge in [0.25, 0.3) is 0 Å². The Hall–Kier alpha value is -1.79. The van der Waals surface area contributed by atoms with E-state index in [0.717, 1.165) is 49.1 Å². The van der Waals surface area contributed by atoms with Crippen molar-refractivity contribution in [2.45, 2.75) is 19.4 Å². The van der Waals surface area contributed by atoms with Gasteiger partial charge in [-0.1, -0.05) is 28.1 Å². The molecule has 2 aromatic rings. The average molecular weight is 409 g/mol. The number of anilines is 1. The molecule has 25 heavy (non-hydrogen) atoms. The Morgan fingerprint density at radius 2 is 1.80 bits per heavy atom. The van der Waals surface area contributed by atoms with Gasteiger partial charge in [-0.05, 0) is 55.8 Å². The summed E-state index contributed by atoms with van der Waals surface area (Å²) in [6.45, 7) is 2.49. The minimum atomic E-state index is -0.749. The van der Waals surface area contributed by atoms with E-state index in [9.17, 15) is 13.6 Å². The summed E-state index contributed by atoms with van der Waals surface area (Å²) in [6, 6.07) is 11.4. The number of hydrogen-bond donors (Lipinski definition) is 1. The summed E-state index contributed by atoms with van der Waals surface area (Å²) in [5, 5.41) is 2.57. The van der Waals surface area contributed by atoms with E-state index in [1.165, 1.54) is 11.6 Å². The molecule has 1 aliphatic rings. The number of carbonyl (C=O) groups is 1. The molecule has 3 nitrogen and oxygen atoms in total. The topological polar surface area (TPSA) is 32.3 Å². The van der Waals surface area contributed by atoms with Crippen LogP contribution < -0.4 is 5.32 Å². The molecule has 1 saturated heterocycles. The Labute approximate surface area is 154 Å². The largest absolute Gasteiger partial charge is 0.323 e. The van der Waals surface area contributed by atoms with E-state index in [0.29, 0.717) is 0 Å². The van der Waals surface area contributed by atoms with Crippen LogP contribution in [0, 0.1) is 17.6 Å². The molecule has 0 saturated carbocycles. The molecule has 132 valence electrons. The lowest BCUT2D eigenvalue weighted by molar-refractivity contribution is -0.121. The monoisotopic (exact) mass is 408 g/mol. The second-order valence-electron chi connectivity index (χ2n) is 6.29. The molecule has 0 unspecified atom stereocenters. The van der Waals surface area contributed by atoms with Crippen molar-refractivity contribution in [1.82, 2.24) is 4.90 Å². The highest BCUT2D eigenvalue weighted by Gasteiger charge is 2.25. The predicted molar refractivity (Wildman–Crippen MR) is 97.1 cm³/mol. The zero-order chi connectivity index (χ0) is 17.8. The van der Waals surface area contributed by atoms with E-state index in [2.05, 4.69) is 38.3 Å². The first kappa shape index (κ1) is 18.0. The van der Waals surface area contributed by atoms with Gasteiger partial charge in [-0.15, -0.1) is 0 Å². The first-order valence-electron chi connectivity index (χ1n) is 8.24. The molecule has 3 rings (SSSR count). The molecule has 0 aromatic heterocycles. The Morgan fingerprint density at radius 3 is 2.44 bits per heavy atom. The van der Waals surface area contributed by atoms with Crippen LogP contribution in [0.2, 0.25) is 0 Å². The zero-order valence-electron chi connectivity index (χ0n) is 13.6. The van der Waals surface area contributed by atoms with E-state index < -0.39 is 11.6 Å². The maximum absolute atomic E-state index is 13.6. The summed E-state index contributed by atoms with van der Waals surface area (Å²) >= 11 is 3.43. The number of rotatable bonds is 4. The van der Waals surface area contributed by atoms with Crippen molar-refractivity contribution in [3.05, 3.63) is 64.1 Å². The van der Waals surface area contributed by atoms with E-state index in [1.54, 1.807) is 0 Å². The molecule has 0 spiro atoms. The second kappa shape index (κ2) is 8.06. The smallest absolute Gasteiger partial charge is 0.227 e. The Balaban J connectivity index is 1.51. The third-order valence-electron chi connectivity index (χ3n) is 4.47. The summed E-state index contributed by atoms with van der Waals surface area (Å²) in [6.07, 6.45) is 1.45. The number of nitrogens with one attached hydrogen (secondary N) is 1. The number of amides is 1. The van der Waals surface area contributed by atoms with Gasteiger partial charge < -0.3 is 5.32 Å². The highest BCUT2D eigenvalue weighted by Crippen LogP contribution is 2.23. The molecular formula is C19H19BrF2N2O. The van der Waals surface area contributed by atoms with Gasteiger partial charge in [-0.25, -0.2) is 8.78 Å². The maximum Gasteiger partial charge on any atom is 0.227 e. The molecular weight excluding hydrogens is 390 g/mol. The van der Waals surface area contributed by atoms with Crippen molar-refractivity contribution >= 4 is 27.5 Å². The maximum atomic E-state index is 13.6. The summed E-state index contributed by atoms with van der Waals surface area (Å²) < 4.78 is 27.6. The van der Waals surface area contributed by atoms with E-state index in [1.807, 2.05) is 12.1 Å². The first-order valence-corrected chi connectivity index (χ1v) is 9.03. The van der Waals surface area contributed by atoms with Crippen LogP contribution in [0.25, 0.3) is 0 Å². The van der Waals surface area contributed by atoms with E-state index in [4.69, 9.17) is 0 Å². The van der Waals surface area contributed by atoms with Crippen molar-refractivity contribution in [2.24, 2.45) is 5.92 Å². The lowest BCUT2D eigenvalue weighted by atomic mass is 9.95. The lowest BCUT2D eigenvalue weighted by Crippen LogP contribution is -2.37. The average Bonchev–Trinajstić information content (AvgIpc) is 2.60. The van der Waals surface area contributed by atoms with Gasteiger partial charge >= 0.3 is 0 Å². The SMILES string of the molecule is O=C(Nc1ccc(F)cc1F)C1CCN(Cc2ccc(Br)cc2)CC1. The molecule has 1 amide bonds. The fourth-order valence-electron chi connectivity index (χ4n) is 3.03. The van der Waals surface area contributed by atoms with Crippen molar-refractivity contribution in [1.29, 1.82) is 0 Å². The zero-order valence-corrected chi connectivity index (χ0v) is 15.2. The number of carbonyl (C=O) groups excluding carboxylic acids is 1. The van der Waals surface area contributed by atoms with Gasteiger partial charge in [0.1, 0.15) is 11.6 Å². The molecule has 0 bridgehead atoms. The van der Waals surface area contributed by atoms with E-state index >= 15 is 0 Å². The van der Waals surface area contributed by atoms with Crippen LogP contribution in [0.3, 0.4) is 0 Å². The van der Waals surface area contributed by atoms with Gasteiger partial charge in [0, 0.05) is 23.0 Å². The van der Waals surface area contributed by atoms with Gasteiger partial charge in [0.05, 0.1) is 5.69 Å². The van der Waals surface area contributed by atoms with Gasteiger partial charge in [-0.2, -0.15) is 0 Å². The fraction of sp³-hybridized carbons (Fsp3) is 0.316. The summed E-state index contributed by atoms with van der Waals surface area (Å²) in [4.78, 5) is 14.6. The lowest BCUT2D eigenvalue weighted by Gasteiger charge is -2.31. The molecule has 2 aromatic carbocycles. The highest BCUT2D eigenvalue weighted by molar-refractivity contribution is 9.10. The number of halogens is 3. The number of benzene rings is 2. The Morgan fingerprint density at radius 1 is 1.12 bits per heavy atom. The summed E-state index contributed by atoms with van der Waals surface area (Å²) in [5.74, 6) is -1.75. The predicted octanol–water partition coefficient (Wildman–Crippen LogP) is 4.58. The van der Waals surface area contributed by atoms with Crippen LogP contribution >= 0.6 is 15.9 Å². The third-order valence-corrected chi connectivity index (χ3v) is 5.00. The van der Waals surface area contributed by atoms with Crippen LogP contribution in [-0.2, 0) is 11.3 Å². The molecule has 0 aliphatic carbocycles. The Kier molecular flexibility index (Phi) is 5.81. The first-order chi connectivity index (χ1) is 12.0. The van der Waals surface area contributed by atoms with Crippen molar-refractivity contribution in [3.8, 4) is 0 Å². The third kappa shape index (κ3) is 4.86. The van der Waals surface area contributed by atoms with Crippen LogP contribution in [0.1, 0.15) is 18.4 Å². The number of hydrogen-bond acceptors (Lipinski definition) is 2. The molecule has 0 radical (unpaired) electrons. The van der Waals surface area contributed by atoms with Gasteiger partial charge in [0.2, 0.25) is 5.91 Å². The number of likely N-dealkylation sites (tertiary alicyclic amines) is 1. The summed E-state index contributed by atoms with van der Waals surface area (Å²) in [5.41, 5.74) is 1.27. The summed E-state index contributed by atoms with van der Waals surface area (Å²) in [7, 11) is 0. The number of nitrogens with zero attached hydrogens (tertiary/aromatic N) is 1. The van der Waals surface area contributed by atoms with Crippen molar-refractivity contribution in [3.63, 3.8) is 0 Å². The highest BCUT2D eigenvalue weighted by atomic mass is 79.9. The van der Waals surface area contributed by atoms with Crippen molar-refractivity contribution < 1.29 is 13.6 Å². The quantitative estimate of drug-likeness (QED) is 0.802. The Bertz CT molecular complexity index is 744. The van der Waals surface area contributed by atoms with E-state index in [-0.39, 0.29) is 17.5 Å². The molecule has 0 atom stereocenters.